The van der Waals surface area contributed by atoms with Crippen molar-refractivity contribution in [1.29, 1.82) is 0 Å². The molecule has 2 aliphatic carbocycles. The number of thiophene rings is 1. The predicted octanol–water partition coefficient (Wildman–Crippen LogP) is 4.74. The lowest BCUT2D eigenvalue weighted by molar-refractivity contribution is 0.0695. The Kier molecular flexibility index (Phi) is 4.53. The van der Waals surface area contributed by atoms with E-state index >= 15 is 0 Å². The summed E-state index contributed by atoms with van der Waals surface area (Å²) in [6, 6.07) is 5.98. The lowest BCUT2D eigenvalue weighted by atomic mass is 9.75. The largest absolute Gasteiger partial charge is 0.494 e. The molecule has 2 aromatic heterocycles. The van der Waals surface area contributed by atoms with Crippen molar-refractivity contribution in [1.82, 2.24) is 4.57 Å². The fraction of sp³-hybridized carbons (Fsp3) is 0.417. The van der Waals surface area contributed by atoms with Crippen LogP contribution in [0.4, 0.5) is 0 Å². The van der Waals surface area contributed by atoms with Crippen LogP contribution in [-0.4, -0.2) is 22.8 Å². The zero-order chi connectivity index (χ0) is 22.1. The maximum atomic E-state index is 12.9. The van der Waals surface area contributed by atoms with Crippen LogP contribution >= 0.6 is 11.3 Å². The number of ether oxygens (including phenoxy) is 1. The van der Waals surface area contributed by atoms with Gasteiger partial charge in [0.1, 0.15) is 5.56 Å². The molecule has 3 N–H and O–H groups in total. The molecule has 5 rings (SSSR count). The van der Waals surface area contributed by atoms with Gasteiger partial charge in [0, 0.05) is 33.6 Å². The van der Waals surface area contributed by atoms with Crippen LogP contribution in [0, 0.1) is 5.41 Å². The topological polar surface area (TPSA) is 94.6 Å². The first kappa shape index (κ1) is 20.3. The molecule has 1 aromatic carbocycles. The summed E-state index contributed by atoms with van der Waals surface area (Å²) in [5, 5.41) is 9.90. The van der Waals surface area contributed by atoms with Gasteiger partial charge in [-0.05, 0) is 54.9 Å². The Morgan fingerprint density at radius 2 is 2.06 bits per heavy atom. The van der Waals surface area contributed by atoms with Crippen molar-refractivity contribution in [3.63, 3.8) is 0 Å². The first-order valence-electron chi connectivity index (χ1n) is 10.6. The average Bonchev–Trinajstić information content (AvgIpc) is 3.45. The van der Waals surface area contributed by atoms with Crippen molar-refractivity contribution in [2.24, 2.45) is 11.1 Å². The summed E-state index contributed by atoms with van der Waals surface area (Å²) in [6.45, 7) is 4.50. The van der Waals surface area contributed by atoms with Gasteiger partial charge >= 0.3 is 5.97 Å². The van der Waals surface area contributed by atoms with Crippen LogP contribution in [0.15, 0.2) is 29.2 Å². The summed E-state index contributed by atoms with van der Waals surface area (Å²) in [7, 11) is 1.60. The van der Waals surface area contributed by atoms with Crippen LogP contribution in [0.3, 0.4) is 0 Å². The molecule has 1 saturated carbocycles. The number of rotatable bonds is 4. The molecule has 1 fully saturated rings. The molecular formula is C24H26N2O4S. The maximum Gasteiger partial charge on any atom is 0.341 e. The Morgan fingerprint density at radius 3 is 2.71 bits per heavy atom. The molecule has 2 aliphatic rings. The zero-order valence-electron chi connectivity index (χ0n) is 17.9. The number of pyridine rings is 1. The molecule has 0 bridgehead atoms. The number of carboxylic acids is 1. The fourth-order valence-electron chi connectivity index (χ4n) is 4.85. The number of aromatic nitrogens is 1. The van der Waals surface area contributed by atoms with Crippen molar-refractivity contribution in [3.05, 3.63) is 50.6 Å². The van der Waals surface area contributed by atoms with E-state index < -0.39 is 11.4 Å². The Bertz CT molecular complexity index is 1280. The van der Waals surface area contributed by atoms with Crippen molar-refractivity contribution in [3.8, 4) is 16.2 Å². The number of carbonyl (C=O) groups is 1. The summed E-state index contributed by atoms with van der Waals surface area (Å²) in [4.78, 5) is 26.9. The molecular weight excluding hydrogens is 412 g/mol. The summed E-state index contributed by atoms with van der Waals surface area (Å²) in [5.74, 6) is -0.586. The predicted molar refractivity (Wildman–Crippen MR) is 122 cm³/mol. The van der Waals surface area contributed by atoms with Crippen molar-refractivity contribution < 1.29 is 14.6 Å². The Morgan fingerprint density at radius 1 is 1.32 bits per heavy atom. The second-order valence-corrected chi connectivity index (χ2v) is 10.6. The highest BCUT2D eigenvalue weighted by atomic mass is 32.1. The summed E-state index contributed by atoms with van der Waals surface area (Å²) >= 11 is 1.73. The van der Waals surface area contributed by atoms with Gasteiger partial charge in [0.2, 0.25) is 5.43 Å². The number of nitrogens with zero attached hydrogens (tertiary/aromatic N) is 1. The van der Waals surface area contributed by atoms with Gasteiger partial charge in [0.25, 0.3) is 0 Å². The molecule has 0 radical (unpaired) electrons. The van der Waals surface area contributed by atoms with Gasteiger partial charge < -0.3 is 20.1 Å². The standard InChI is InChI=1S/C24H26N2O4S/c1-24(2)9-17(25)15-8-18(31-19(15)10-24)13-6-7-14-20(22(13)30-3)26(12-4-5-12)11-16(21(14)27)23(28)29/h6-8,11-12,17H,4-5,9-10,25H2,1-3H3,(H,28,29). The third-order valence-corrected chi connectivity index (χ3v) is 7.62. The zero-order valence-corrected chi connectivity index (χ0v) is 18.7. The van der Waals surface area contributed by atoms with Crippen LogP contribution in [0.1, 0.15) is 66.0 Å². The molecule has 2 heterocycles. The Balaban J connectivity index is 1.75. The number of hydrogen-bond acceptors (Lipinski definition) is 5. The molecule has 31 heavy (non-hydrogen) atoms. The SMILES string of the molecule is COc1c(-c2cc3c(s2)CC(C)(C)CC3N)ccc2c(=O)c(C(=O)O)cn(C3CC3)c12. The third-order valence-electron chi connectivity index (χ3n) is 6.44. The number of fused-ring (bicyclic) bond motifs is 2. The lowest BCUT2D eigenvalue weighted by Crippen LogP contribution is -2.28. The number of aromatic carboxylic acids is 1. The van der Waals surface area contributed by atoms with E-state index in [1.807, 2.05) is 10.6 Å². The minimum atomic E-state index is -1.20. The molecule has 3 aromatic rings. The van der Waals surface area contributed by atoms with E-state index in [4.69, 9.17) is 10.5 Å². The minimum Gasteiger partial charge on any atom is -0.494 e. The van der Waals surface area contributed by atoms with Crippen molar-refractivity contribution in [2.45, 2.75) is 51.6 Å². The number of nitrogens with two attached hydrogens (primary N) is 1. The van der Waals surface area contributed by atoms with Gasteiger partial charge in [0.05, 0.1) is 18.0 Å². The van der Waals surface area contributed by atoms with Gasteiger partial charge in [0.15, 0.2) is 5.75 Å². The highest BCUT2D eigenvalue weighted by molar-refractivity contribution is 7.15. The van der Waals surface area contributed by atoms with Gasteiger partial charge in [-0.1, -0.05) is 13.8 Å². The molecule has 6 nitrogen and oxygen atoms in total. The number of benzene rings is 1. The fourth-order valence-corrected chi connectivity index (χ4v) is 6.36. The van der Waals surface area contributed by atoms with E-state index in [-0.39, 0.29) is 23.1 Å². The normalized spacial score (nSPS) is 19.9. The van der Waals surface area contributed by atoms with Gasteiger partial charge in [-0.25, -0.2) is 4.79 Å². The molecule has 0 spiro atoms. The lowest BCUT2D eigenvalue weighted by Gasteiger charge is -2.33. The first-order valence-corrected chi connectivity index (χ1v) is 11.4. The highest BCUT2D eigenvalue weighted by Crippen LogP contribution is 2.48. The number of hydrogen-bond donors (Lipinski definition) is 2. The second kappa shape index (κ2) is 6.93. The Labute approximate surface area is 184 Å². The summed E-state index contributed by atoms with van der Waals surface area (Å²) in [5.41, 5.74) is 8.76. The molecule has 162 valence electrons. The van der Waals surface area contributed by atoms with Crippen LogP contribution in [-0.2, 0) is 6.42 Å². The van der Waals surface area contributed by atoms with Gasteiger partial charge in [-0.15, -0.1) is 11.3 Å². The van der Waals surface area contributed by atoms with E-state index in [9.17, 15) is 14.7 Å². The first-order chi connectivity index (χ1) is 14.7. The van der Waals surface area contributed by atoms with E-state index in [2.05, 4.69) is 19.9 Å². The number of methoxy groups -OCH3 is 1. The maximum absolute atomic E-state index is 12.9. The molecule has 7 heteroatoms. The van der Waals surface area contributed by atoms with E-state index in [1.54, 1.807) is 24.5 Å². The second-order valence-electron chi connectivity index (χ2n) is 9.50. The van der Waals surface area contributed by atoms with E-state index in [0.717, 1.165) is 36.1 Å². The van der Waals surface area contributed by atoms with Crippen LogP contribution in [0.5, 0.6) is 5.75 Å². The van der Waals surface area contributed by atoms with Crippen LogP contribution in [0.25, 0.3) is 21.3 Å². The monoisotopic (exact) mass is 438 g/mol. The summed E-state index contributed by atoms with van der Waals surface area (Å²) < 4.78 is 7.78. The molecule has 1 unspecified atom stereocenters. The number of carboxylic acid groups (broad SMARTS) is 1. The Hall–Kier alpha value is -2.64. The van der Waals surface area contributed by atoms with E-state index in [0.29, 0.717) is 16.7 Å². The van der Waals surface area contributed by atoms with Gasteiger partial charge in [-0.3, -0.25) is 4.79 Å². The minimum absolute atomic E-state index is 0.0120. The highest BCUT2D eigenvalue weighted by Gasteiger charge is 2.33. The molecule has 0 amide bonds. The summed E-state index contributed by atoms with van der Waals surface area (Å²) in [6.07, 6.45) is 5.34. The average molecular weight is 439 g/mol. The third kappa shape index (κ3) is 3.27. The smallest absolute Gasteiger partial charge is 0.341 e. The van der Waals surface area contributed by atoms with Crippen molar-refractivity contribution >= 4 is 28.2 Å². The van der Waals surface area contributed by atoms with Gasteiger partial charge in [-0.2, -0.15) is 0 Å². The molecule has 1 atom stereocenters. The molecule has 0 aliphatic heterocycles. The molecule has 0 saturated heterocycles. The quantitative estimate of drug-likeness (QED) is 0.613. The van der Waals surface area contributed by atoms with Crippen LogP contribution in [0.2, 0.25) is 0 Å². The van der Waals surface area contributed by atoms with E-state index in [1.165, 1.54) is 16.6 Å². The van der Waals surface area contributed by atoms with Crippen molar-refractivity contribution in [2.75, 3.05) is 7.11 Å². The van der Waals surface area contributed by atoms with Crippen LogP contribution < -0.4 is 15.9 Å².